The SMILES string of the molecule is COc1ccc2ncc(CF)c([C@H](F)CCC3(CC(=O)O)CCN(CCSc4cccs4)CC3)c2c1. The van der Waals surface area contributed by atoms with Gasteiger partial charge in [-0.05, 0) is 73.8 Å². The van der Waals surface area contributed by atoms with Crippen LogP contribution in [0.4, 0.5) is 8.78 Å². The minimum Gasteiger partial charge on any atom is -0.497 e. The molecular weight excluding hydrogens is 502 g/mol. The van der Waals surface area contributed by atoms with Crippen LogP contribution in [-0.2, 0) is 11.5 Å². The first-order valence-corrected chi connectivity index (χ1v) is 14.1. The highest BCUT2D eigenvalue weighted by atomic mass is 32.2. The summed E-state index contributed by atoms with van der Waals surface area (Å²) >= 11 is 3.58. The summed E-state index contributed by atoms with van der Waals surface area (Å²) in [6.45, 7) is 1.75. The number of fused-ring (bicyclic) bond motifs is 1. The molecule has 3 aromatic rings. The van der Waals surface area contributed by atoms with Gasteiger partial charge in [-0.15, -0.1) is 23.1 Å². The number of thiophene rings is 1. The Hall–Kier alpha value is -2.23. The third kappa shape index (κ3) is 6.55. The normalized spacial score (nSPS) is 16.8. The van der Waals surface area contributed by atoms with Crippen molar-refractivity contribution in [3.05, 3.63) is 53.0 Å². The molecule has 1 atom stereocenters. The van der Waals surface area contributed by atoms with E-state index in [0.29, 0.717) is 28.6 Å². The number of carboxylic acid groups (broad SMARTS) is 1. The lowest BCUT2D eigenvalue weighted by Crippen LogP contribution is -2.42. The fraction of sp³-hybridized carbons (Fsp3) is 0.481. The number of alkyl halides is 2. The third-order valence-electron chi connectivity index (χ3n) is 7.17. The fourth-order valence-electron chi connectivity index (χ4n) is 5.12. The van der Waals surface area contributed by atoms with Gasteiger partial charge in [-0.1, -0.05) is 6.07 Å². The molecule has 0 saturated carbocycles. The first-order valence-electron chi connectivity index (χ1n) is 12.2. The number of benzene rings is 1. The van der Waals surface area contributed by atoms with Crippen LogP contribution in [0.2, 0.25) is 0 Å². The molecule has 0 aliphatic carbocycles. The van der Waals surface area contributed by atoms with Gasteiger partial charge >= 0.3 is 5.97 Å². The molecule has 0 amide bonds. The first kappa shape index (κ1) is 26.8. The van der Waals surface area contributed by atoms with Crippen molar-refractivity contribution in [2.75, 3.05) is 32.5 Å². The molecular formula is C27H32F2N2O3S2. The number of methoxy groups -OCH3 is 1. The van der Waals surface area contributed by atoms with Gasteiger partial charge in [0.05, 0.1) is 23.3 Å². The quantitative estimate of drug-likeness (QED) is 0.255. The number of rotatable bonds is 12. The number of halogens is 2. The molecule has 1 saturated heterocycles. The van der Waals surface area contributed by atoms with Crippen molar-refractivity contribution in [2.45, 2.75) is 49.2 Å². The Labute approximate surface area is 218 Å². The summed E-state index contributed by atoms with van der Waals surface area (Å²) in [5, 5.41) is 12.2. The lowest BCUT2D eigenvalue weighted by atomic mass is 9.71. The number of hydrogen-bond acceptors (Lipinski definition) is 6. The van der Waals surface area contributed by atoms with E-state index in [9.17, 15) is 14.3 Å². The highest BCUT2D eigenvalue weighted by Gasteiger charge is 2.37. The zero-order valence-corrected chi connectivity index (χ0v) is 22.1. The topological polar surface area (TPSA) is 62.7 Å². The second-order valence-electron chi connectivity index (χ2n) is 9.41. The largest absolute Gasteiger partial charge is 0.497 e. The van der Waals surface area contributed by atoms with Gasteiger partial charge in [0, 0.05) is 35.0 Å². The van der Waals surface area contributed by atoms with E-state index in [2.05, 4.69) is 21.3 Å². The van der Waals surface area contributed by atoms with E-state index in [-0.39, 0.29) is 18.4 Å². The number of likely N-dealkylation sites (tertiary alicyclic amines) is 1. The van der Waals surface area contributed by atoms with E-state index in [1.807, 2.05) is 17.8 Å². The van der Waals surface area contributed by atoms with Crippen molar-refractivity contribution in [2.24, 2.45) is 5.41 Å². The summed E-state index contributed by atoms with van der Waals surface area (Å²) in [6.07, 6.45) is 2.03. The Balaban J connectivity index is 1.43. The predicted molar refractivity (Wildman–Crippen MR) is 142 cm³/mol. The van der Waals surface area contributed by atoms with Crippen molar-refractivity contribution in [1.82, 2.24) is 9.88 Å². The molecule has 2 aromatic heterocycles. The molecule has 0 spiro atoms. The molecule has 0 bridgehead atoms. The van der Waals surface area contributed by atoms with Crippen molar-refractivity contribution >= 4 is 40.0 Å². The molecule has 0 radical (unpaired) electrons. The average molecular weight is 535 g/mol. The van der Waals surface area contributed by atoms with Crippen LogP contribution >= 0.6 is 23.1 Å². The molecule has 1 aromatic carbocycles. The maximum atomic E-state index is 15.8. The molecule has 9 heteroatoms. The lowest BCUT2D eigenvalue weighted by molar-refractivity contribution is -0.141. The van der Waals surface area contributed by atoms with Gasteiger partial charge in [-0.2, -0.15) is 0 Å². The Morgan fingerprint density at radius 1 is 1.33 bits per heavy atom. The number of ether oxygens (including phenoxy) is 1. The first-order chi connectivity index (χ1) is 17.4. The number of pyridine rings is 1. The van der Waals surface area contributed by atoms with Crippen LogP contribution in [-0.4, -0.2) is 53.5 Å². The van der Waals surface area contributed by atoms with E-state index < -0.39 is 24.2 Å². The zero-order chi connectivity index (χ0) is 25.5. The van der Waals surface area contributed by atoms with Crippen LogP contribution in [0, 0.1) is 5.41 Å². The van der Waals surface area contributed by atoms with Crippen LogP contribution in [0.3, 0.4) is 0 Å². The predicted octanol–water partition coefficient (Wildman–Crippen LogP) is 6.91. The van der Waals surface area contributed by atoms with Gasteiger partial charge in [0.1, 0.15) is 18.6 Å². The third-order valence-corrected chi connectivity index (χ3v) is 9.29. The molecule has 1 fully saturated rings. The zero-order valence-electron chi connectivity index (χ0n) is 20.4. The molecule has 36 heavy (non-hydrogen) atoms. The van der Waals surface area contributed by atoms with Crippen LogP contribution in [0.15, 0.2) is 46.1 Å². The van der Waals surface area contributed by atoms with Crippen LogP contribution in [0.1, 0.15) is 49.4 Å². The summed E-state index contributed by atoms with van der Waals surface area (Å²) in [7, 11) is 1.53. The van der Waals surface area contributed by atoms with E-state index >= 15 is 4.39 Å². The molecule has 194 valence electrons. The summed E-state index contributed by atoms with van der Waals surface area (Å²) in [6, 6.07) is 9.35. The number of thioether (sulfide) groups is 1. The van der Waals surface area contributed by atoms with Crippen LogP contribution in [0.5, 0.6) is 5.75 Å². The van der Waals surface area contributed by atoms with Gasteiger partial charge < -0.3 is 14.7 Å². The summed E-state index contributed by atoms with van der Waals surface area (Å²) in [5.41, 5.74) is 0.660. The number of aliphatic carboxylic acids is 1. The minimum atomic E-state index is -1.42. The maximum absolute atomic E-state index is 15.8. The van der Waals surface area contributed by atoms with E-state index in [0.717, 1.165) is 38.2 Å². The van der Waals surface area contributed by atoms with Crippen LogP contribution < -0.4 is 4.74 Å². The number of aromatic nitrogens is 1. The number of nitrogens with zero attached hydrogens (tertiary/aromatic N) is 2. The monoisotopic (exact) mass is 534 g/mol. The van der Waals surface area contributed by atoms with Crippen molar-refractivity contribution in [1.29, 1.82) is 0 Å². The van der Waals surface area contributed by atoms with Crippen LogP contribution in [0.25, 0.3) is 10.9 Å². The van der Waals surface area contributed by atoms with Crippen molar-refractivity contribution < 1.29 is 23.4 Å². The Morgan fingerprint density at radius 2 is 2.14 bits per heavy atom. The van der Waals surface area contributed by atoms with Crippen molar-refractivity contribution in [3.8, 4) is 5.75 Å². The Bertz CT molecular complexity index is 1150. The average Bonchev–Trinajstić information content (AvgIpc) is 3.40. The smallest absolute Gasteiger partial charge is 0.303 e. The standard InChI is InChI=1S/C27H32F2N2O3S2/c1-34-20-4-5-23-21(15-20)26(19(17-28)18-30-23)22(29)6-7-27(16-24(32)33)8-10-31(11-9-27)12-14-36-25-3-2-13-35-25/h2-5,13,15,18,22H,6-12,14,16-17H2,1H3,(H,32,33)/t22-/m1/s1. The van der Waals surface area contributed by atoms with Gasteiger partial charge in [0.2, 0.25) is 0 Å². The van der Waals surface area contributed by atoms with Gasteiger partial charge in [0.25, 0.3) is 0 Å². The highest BCUT2D eigenvalue weighted by molar-refractivity contribution is 8.01. The molecule has 4 rings (SSSR count). The highest BCUT2D eigenvalue weighted by Crippen LogP contribution is 2.43. The molecule has 1 N–H and O–H groups in total. The summed E-state index contributed by atoms with van der Waals surface area (Å²) in [5.74, 6) is 0.695. The minimum absolute atomic E-state index is 0.0262. The molecule has 1 aliphatic heterocycles. The van der Waals surface area contributed by atoms with Gasteiger partial charge in [-0.3, -0.25) is 9.78 Å². The molecule has 5 nitrogen and oxygen atoms in total. The summed E-state index contributed by atoms with van der Waals surface area (Å²) < 4.78 is 36.2. The Kier molecular flexibility index (Phi) is 9.19. The molecule has 3 heterocycles. The number of piperidine rings is 1. The van der Waals surface area contributed by atoms with E-state index in [1.165, 1.54) is 17.5 Å². The number of carboxylic acids is 1. The van der Waals surface area contributed by atoms with Crippen molar-refractivity contribution in [3.63, 3.8) is 0 Å². The van der Waals surface area contributed by atoms with E-state index in [1.54, 1.807) is 29.5 Å². The fourth-order valence-corrected chi connectivity index (χ4v) is 6.98. The Morgan fingerprint density at radius 3 is 2.81 bits per heavy atom. The molecule has 1 aliphatic rings. The second-order valence-corrected chi connectivity index (χ2v) is 11.8. The maximum Gasteiger partial charge on any atom is 0.303 e. The molecule has 0 unspecified atom stereocenters. The number of carbonyl (C=O) groups is 1. The summed E-state index contributed by atoms with van der Waals surface area (Å²) in [4.78, 5) is 18.4. The van der Waals surface area contributed by atoms with Gasteiger partial charge in [0.15, 0.2) is 0 Å². The lowest BCUT2D eigenvalue weighted by Gasteiger charge is -2.41. The second kappa shape index (κ2) is 12.3. The van der Waals surface area contributed by atoms with Gasteiger partial charge in [-0.25, -0.2) is 8.78 Å². The number of hydrogen-bond donors (Lipinski definition) is 1. The van der Waals surface area contributed by atoms with E-state index in [4.69, 9.17) is 4.74 Å².